The first kappa shape index (κ1) is 32.4. The van der Waals surface area contributed by atoms with Crippen molar-refractivity contribution < 1.29 is 23.6 Å². The number of benzene rings is 4. The Kier molecular flexibility index (Phi) is 10.4. The summed E-state index contributed by atoms with van der Waals surface area (Å²) in [6.07, 6.45) is 2.71. The zero-order chi connectivity index (χ0) is 31.9. The van der Waals surface area contributed by atoms with Gasteiger partial charge in [-0.05, 0) is 29.2 Å². The van der Waals surface area contributed by atoms with E-state index in [0.717, 1.165) is 22.3 Å². The molecule has 0 spiro atoms. The maximum Gasteiger partial charge on any atom is 0.465 e. The van der Waals surface area contributed by atoms with Gasteiger partial charge in [0.2, 0.25) is 5.91 Å². The number of rotatable bonds is 12. The summed E-state index contributed by atoms with van der Waals surface area (Å²) in [6, 6.07) is 40.5. The average molecular weight is 604 g/mol. The lowest BCUT2D eigenvalue weighted by molar-refractivity contribution is -0.136. The summed E-state index contributed by atoms with van der Waals surface area (Å²) in [6.45, 7) is 1.94. The molecular formula is C38H42BNO5. The molecule has 4 aromatic rings. The van der Waals surface area contributed by atoms with Crippen molar-refractivity contribution in [2.24, 2.45) is 0 Å². The van der Waals surface area contributed by atoms with Gasteiger partial charge < -0.3 is 23.7 Å². The summed E-state index contributed by atoms with van der Waals surface area (Å²) in [7, 11) is 6.18. The Bertz CT molecular complexity index is 1350. The van der Waals surface area contributed by atoms with Crippen LogP contribution in [-0.4, -0.2) is 58.4 Å². The summed E-state index contributed by atoms with van der Waals surface area (Å²) in [5.41, 5.74) is 1.43. The second-order valence-electron chi connectivity index (χ2n) is 11.5. The lowest BCUT2D eigenvalue weighted by atomic mass is 9.69. The van der Waals surface area contributed by atoms with E-state index in [-0.39, 0.29) is 18.1 Å². The Morgan fingerprint density at radius 2 is 1.04 bits per heavy atom. The molecule has 45 heavy (non-hydrogen) atoms. The Morgan fingerprint density at radius 1 is 0.711 bits per heavy atom. The van der Waals surface area contributed by atoms with Crippen LogP contribution in [0.5, 0.6) is 0 Å². The molecule has 232 valence electrons. The largest absolute Gasteiger partial charge is 0.465 e. The molecule has 1 aliphatic heterocycles. The molecule has 0 aromatic heterocycles. The summed E-state index contributed by atoms with van der Waals surface area (Å²) in [5.74, 6) is -0.377. The van der Waals surface area contributed by atoms with Crippen LogP contribution in [0.15, 0.2) is 133 Å². The van der Waals surface area contributed by atoms with E-state index in [0.29, 0.717) is 0 Å². The predicted octanol–water partition coefficient (Wildman–Crippen LogP) is 6.86. The van der Waals surface area contributed by atoms with Crippen LogP contribution in [-0.2, 0) is 34.8 Å². The highest BCUT2D eigenvalue weighted by Crippen LogP contribution is 2.51. The number of methoxy groups -OCH3 is 2. The van der Waals surface area contributed by atoms with Crippen LogP contribution >= 0.6 is 0 Å². The van der Waals surface area contributed by atoms with Crippen molar-refractivity contribution in [3.63, 3.8) is 0 Å². The molecule has 0 N–H and O–H groups in total. The van der Waals surface area contributed by atoms with Crippen LogP contribution in [0.1, 0.15) is 35.6 Å². The highest BCUT2D eigenvalue weighted by molar-refractivity contribution is 6.48. The maximum atomic E-state index is 13.1. The van der Waals surface area contributed by atoms with Crippen LogP contribution in [0.25, 0.3) is 0 Å². The average Bonchev–Trinajstić information content (AvgIpc) is 3.53. The van der Waals surface area contributed by atoms with Gasteiger partial charge in [0.05, 0.1) is 0 Å². The maximum absolute atomic E-state index is 13.1. The van der Waals surface area contributed by atoms with Crippen molar-refractivity contribution >= 4 is 13.0 Å². The molecule has 1 aliphatic rings. The lowest BCUT2D eigenvalue weighted by Gasteiger charge is -2.47. The van der Waals surface area contributed by atoms with Crippen LogP contribution in [0, 0.1) is 0 Å². The number of ether oxygens (including phenoxy) is 2. The third kappa shape index (κ3) is 6.14. The molecule has 1 heterocycles. The zero-order valence-corrected chi connectivity index (χ0v) is 26.7. The van der Waals surface area contributed by atoms with E-state index in [2.05, 4.69) is 48.5 Å². The van der Waals surface area contributed by atoms with E-state index < -0.39 is 30.5 Å². The molecule has 4 aromatic carbocycles. The number of carbonyl (C=O) groups excluding carboxylic acids is 1. The normalized spacial score (nSPS) is 17.8. The number of hydrogen-bond donors (Lipinski definition) is 0. The SMILES string of the molecule is C/C=C/[C@@H](CC(=O)N(C)C)B1O[C@@H](C(OC)(c2ccccc2)c2ccccc2)[C@H](C(OC)(c2ccccc2)c2ccccc2)O1. The summed E-state index contributed by atoms with van der Waals surface area (Å²) in [4.78, 5) is 14.7. The van der Waals surface area contributed by atoms with Crippen LogP contribution in [0.3, 0.4) is 0 Å². The van der Waals surface area contributed by atoms with Crippen molar-refractivity contribution in [3.8, 4) is 0 Å². The molecule has 1 fully saturated rings. The quantitative estimate of drug-likeness (QED) is 0.131. The first-order valence-corrected chi connectivity index (χ1v) is 15.4. The fourth-order valence-corrected chi connectivity index (χ4v) is 6.61. The van der Waals surface area contributed by atoms with Gasteiger partial charge >= 0.3 is 7.12 Å². The molecule has 3 atom stereocenters. The minimum absolute atomic E-state index is 0.0152. The summed E-state index contributed by atoms with van der Waals surface area (Å²) >= 11 is 0. The van der Waals surface area contributed by atoms with Gasteiger partial charge in [-0.3, -0.25) is 4.79 Å². The molecule has 1 amide bonds. The number of nitrogens with zero attached hydrogens (tertiary/aromatic N) is 1. The van der Waals surface area contributed by atoms with Gasteiger partial charge in [0, 0.05) is 40.6 Å². The van der Waals surface area contributed by atoms with E-state index in [9.17, 15) is 4.79 Å². The number of amides is 1. The first-order chi connectivity index (χ1) is 21.9. The molecule has 0 radical (unpaired) electrons. The van der Waals surface area contributed by atoms with E-state index in [1.165, 1.54) is 0 Å². The van der Waals surface area contributed by atoms with E-state index in [1.54, 1.807) is 33.2 Å². The number of allylic oxidation sites excluding steroid dienone is 2. The van der Waals surface area contributed by atoms with Gasteiger partial charge in [-0.15, -0.1) is 0 Å². The van der Waals surface area contributed by atoms with Crippen molar-refractivity contribution in [3.05, 3.63) is 156 Å². The number of carbonyl (C=O) groups is 1. The van der Waals surface area contributed by atoms with Crippen molar-refractivity contribution in [1.29, 1.82) is 0 Å². The van der Waals surface area contributed by atoms with Gasteiger partial charge in [0.15, 0.2) is 0 Å². The summed E-state index contributed by atoms with van der Waals surface area (Å²) < 4.78 is 27.7. The van der Waals surface area contributed by atoms with Gasteiger partial charge in [0.1, 0.15) is 23.4 Å². The van der Waals surface area contributed by atoms with Crippen molar-refractivity contribution in [2.75, 3.05) is 28.3 Å². The van der Waals surface area contributed by atoms with Crippen molar-refractivity contribution in [1.82, 2.24) is 4.90 Å². The van der Waals surface area contributed by atoms with Gasteiger partial charge in [-0.1, -0.05) is 133 Å². The fourth-order valence-electron chi connectivity index (χ4n) is 6.61. The minimum atomic E-state index is -1.11. The third-order valence-corrected chi connectivity index (χ3v) is 8.79. The Hall–Kier alpha value is -4.01. The predicted molar refractivity (Wildman–Crippen MR) is 179 cm³/mol. The number of hydrogen-bond acceptors (Lipinski definition) is 5. The molecule has 0 saturated carbocycles. The highest BCUT2D eigenvalue weighted by atomic mass is 16.7. The second kappa shape index (κ2) is 14.4. The molecule has 6 nitrogen and oxygen atoms in total. The van der Waals surface area contributed by atoms with Gasteiger partial charge in [-0.25, -0.2) is 0 Å². The van der Waals surface area contributed by atoms with E-state index in [4.69, 9.17) is 18.8 Å². The Balaban J connectivity index is 1.80. The molecule has 0 bridgehead atoms. The second-order valence-corrected chi connectivity index (χ2v) is 11.5. The smallest absolute Gasteiger partial charge is 0.401 e. The Morgan fingerprint density at radius 3 is 1.31 bits per heavy atom. The zero-order valence-electron chi connectivity index (χ0n) is 26.7. The monoisotopic (exact) mass is 603 g/mol. The Labute approximate surface area is 267 Å². The standard InChI is InChI=1S/C38H42BNO5/c1-6-19-33(28-34(41)40(2)3)39-44-35(37(42-4,29-20-11-7-12-21-29)30-22-13-8-14-23-30)36(45-39)38(43-5,31-24-15-9-16-25-31)32-26-17-10-18-27-32/h6-27,33,35-36H,28H2,1-5H3/b19-6+/t33-,35+,36+/m0/s1. The topological polar surface area (TPSA) is 57.2 Å². The fraction of sp³-hybridized carbons (Fsp3) is 0.289. The first-order valence-electron chi connectivity index (χ1n) is 15.4. The summed E-state index contributed by atoms with van der Waals surface area (Å²) in [5, 5.41) is 0. The molecule has 1 saturated heterocycles. The molecule has 7 heteroatoms. The lowest BCUT2D eigenvalue weighted by Crippen LogP contribution is -2.56. The van der Waals surface area contributed by atoms with Gasteiger partial charge in [-0.2, -0.15) is 0 Å². The highest BCUT2D eigenvalue weighted by Gasteiger charge is 2.62. The minimum Gasteiger partial charge on any atom is -0.401 e. The molecule has 0 unspecified atom stereocenters. The van der Waals surface area contributed by atoms with E-state index in [1.807, 2.05) is 91.9 Å². The molecular weight excluding hydrogens is 561 g/mol. The van der Waals surface area contributed by atoms with Crippen molar-refractivity contribution in [2.45, 2.75) is 42.6 Å². The van der Waals surface area contributed by atoms with E-state index >= 15 is 0 Å². The van der Waals surface area contributed by atoms with Gasteiger partial charge in [0.25, 0.3) is 0 Å². The van der Waals surface area contributed by atoms with Crippen LogP contribution in [0.4, 0.5) is 0 Å². The van der Waals surface area contributed by atoms with Crippen LogP contribution < -0.4 is 0 Å². The van der Waals surface area contributed by atoms with Crippen LogP contribution in [0.2, 0.25) is 5.82 Å². The molecule has 0 aliphatic carbocycles. The molecule has 5 rings (SSSR count). The third-order valence-electron chi connectivity index (χ3n) is 8.79.